The van der Waals surface area contributed by atoms with E-state index in [1.165, 1.54) is 0 Å². The van der Waals surface area contributed by atoms with Crippen LogP contribution < -0.4 is 10.6 Å². The number of hydrogen-bond donors (Lipinski definition) is 3. The Hall–Kier alpha value is -4.01. The van der Waals surface area contributed by atoms with E-state index in [0.29, 0.717) is 23.3 Å². The van der Waals surface area contributed by atoms with Crippen LogP contribution in [0, 0.1) is 6.92 Å². The second-order valence-corrected chi connectivity index (χ2v) is 9.10. The van der Waals surface area contributed by atoms with Crippen LogP contribution in [0.25, 0.3) is 10.9 Å². The van der Waals surface area contributed by atoms with Gasteiger partial charge in [-0.1, -0.05) is 18.2 Å². The minimum atomic E-state index is 0.0364. The van der Waals surface area contributed by atoms with Crippen molar-refractivity contribution in [3.05, 3.63) is 66.1 Å². The predicted octanol–water partition coefficient (Wildman–Crippen LogP) is 4.05. The third kappa shape index (κ3) is 3.83. The van der Waals surface area contributed by atoms with Crippen molar-refractivity contribution in [2.45, 2.75) is 50.7 Å². The molecule has 2 aliphatic heterocycles. The SMILES string of the molecule is Cc1cc(Nc2nc(NC3CC4CCC(C3)N4C(=O)c3ccccn3)nc3ccccc23)n[nH]1. The van der Waals surface area contributed by atoms with Crippen LogP contribution in [0.15, 0.2) is 54.7 Å². The highest BCUT2D eigenvalue weighted by Crippen LogP contribution is 2.37. The van der Waals surface area contributed by atoms with E-state index in [1.54, 1.807) is 12.3 Å². The van der Waals surface area contributed by atoms with Crippen molar-refractivity contribution in [3.8, 4) is 0 Å². The van der Waals surface area contributed by atoms with Crippen molar-refractivity contribution in [1.82, 2.24) is 30.0 Å². The maximum atomic E-state index is 13.1. The molecule has 0 spiro atoms. The minimum absolute atomic E-state index is 0.0364. The first-order chi connectivity index (χ1) is 16.6. The summed E-state index contributed by atoms with van der Waals surface area (Å²) in [5.74, 6) is 2.05. The first-order valence-electron chi connectivity index (χ1n) is 11.7. The highest BCUT2D eigenvalue weighted by Gasteiger charge is 2.43. The van der Waals surface area contributed by atoms with Crippen molar-refractivity contribution in [2.24, 2.45) is 0 Å². The number of fused-ring (bicyclic) bond motifs is 3. The molecule has 4 aromatic rings. The Morgan fingerprint density at radius 1 is 1.06 bits per heavy atom. The number of pyridine rings is 1. The van der Waals surface area contributed by atoms with E-state index in [0.717, 1.165) is 42.3 Å². The summed E-state index contributed by atoms with van der Waals surface area (Å²) in [7, 11) is 0. The molecule has 0 saturated carbocycles. The normalized spacial score (nSPS) is 21.6. The summed E-state index contributed by atoms with van der Waals surface area (Å²) in [6.45, 7) is 1.96. The number of para-hydroxylation sites is 1. The lowest BCUT2D eigenvalue weighted by atomic mass is 9.97. The van der Waals surface area contributed by atoms with Crippen LogP contribution in [0.5, 0.6) is 0 Å². The quantitative estimate of drug-likeness (QED) is 0.417. The summed E-state index contributed by atoms with van der Waals surface area (Å²) < 4.78 is 0. The number of H-pyrrole nitrogens is 1. The van der Waals surface area contributed by atoms with E-state index in [9.17, 15) is 4.79 Å². The highest BCUT2D eigenvalue weighted by molar-refractivity contribution is 5.93. The molecule has 2 fully saturated rings. The van der Waals surface area contributed by atoms with E-state index in [4.69, 9.17) is 9.97 Å². The summed E-state index contributed by atoms with van der Waals surface area (Å²) in [4.78, 5) is 29.0. The molecule has 1 aromatic carbocycles. The number of nitrogens with zero attached hydrogens (tertiary/aromatic N) is 5. The zero-order valence-electron chi connectivity index (χ0n) is 18.9. The molecule has 34 heavy (non-hydrogen) atoms. The largest absolute Gasteiger partial charge is 0.351 e. The van der Waals surface area contributed by atoms with Gasteiger partial charge in [0.05, 0.1) is 5.52 Å². The Labute approximate surface area is 197 Å². The molecule has 2 aliphatic rings. The fourth-order valence-electron chi connectivity index (χ4n) is 5.27. The van der Waals surface area contributed by atoms with E-state index in [-0.39, 0.29) is 24.0 Å². The molecule has 0 radical (unpaired) electrons. The number of aromatic amines is 1. The Bertz CT molecular complexity index is 1320. The second-order valence-electron chi connectivity index (χ2n) is 9.10. The summed E-state index contributed by atoms with van der Waals surface area (Å²) in [6, 6.07) is 16.0. The van der Waals surface area contributed by atoms with Gasteiger partial charge in [0.25, 0.3) is 5.91 Å². The van der Waals surface area contributed by atoms with Crippen LogP contribution in [-0.2, 0) is 0 Å². The first-order valence-corrected chi connectivity index (χ1v) is 11.7. The first kappa shape index (κ1) is 20.6. The van der Waals surface area contributed by atoms with Gasteiger partial charge in [-0.15, -0.1) is 0 Å². The number of rotatable bonds is 5. The van der Waals surface area contributed by atoms with Crippen molar-refractivity contribution >= 4 is 34.4 Å². The fraction of sp³-hybridized carbons (Fsp3) is 0.320. The molecular formula is C25H26N8O. The molecular weight excluding hydrogens is 428 g/mol. The maximum Gasteiger partial charge on any atom is 0.272 e. The van der Waals surface area contributed by atoms with Crippen LogP contribution in [-0.4, -0.2) is 54.1 Å². The molecule has 1 amide bonds. The van der Waals surface area contributed by atoms with Crippen LogP contribution in [0.2, 0.25) is 0 Å². The van der Waals surface area contributed by atoms with Gasteiger partial charge in [0, 0.05) is 41.5 Å². The van der Waals surface area contributed by atoms with Gasteiger partial charge in [-0.25, -0.2) is 4.98 Å². The number of aromatic nitrogens is 5. The second kappa shape index (κ2) is 8.40. The van der Waals surface area contributed by atoms with Crippen LogP contribution in [0.3, 0.4) is 0 Å². The lowest BCUT2D eigenvalue weighted by Gasteiger charge is -2.39. The molecule has 9 nitrogen and oxygen atoms in total. The number of hydrogen-bond acceptors (Lipinski definition) is 7. The summed E-state index contributed by atoms with van der Waals surface area (Å²) >= 11 is 0. The molecule has 9 heteroatoms. The number of carbonyl (C=O) groups excluding carboxylic acids is 1. The van der Waals surface area contributed by atoms with Gasteiger partial charge in [0.15, 0.2) is 5.82 Å². The minimum Gasteiger partial charge on any atom is -0.351 e. The molecule has 172 valence electrons. The maximum absolute atomic E-state index is 13.1. The van der Waals surface area contributed by atoms with Crippen LogP contribution in [0.4, 0.5) is 17.6 Å². The number of nitrogens with one attached hydrogen (secondary N) is 3. The summed E-state index contributed by atoms with van der Waals surface area (Å²) in [6.07, 6.45) is 5.45. The molecule has 2 saturated heterocycles. The molecule has 3 N–H and O–H groups in total. The van der Waals surface area contributed by atoms with Crippen molar-refractivity contribution in [3.63, 3.8) is 0 Å². The van der Waals surface area contributed by atoms with Crippen LogP contribution >= 0.6 is 0 Å². The molecule has 6 rings (SSSR count). The van der Waals surface area contributed by atoms with Crippen molar-refractivity contribution in [1.29, 1.82) is 0 Å². The van der Waals surface area contributed by atoms with Gasteiger partial charge in [0.1, 0.15) is 11.5 Å². The molecule has 0 aliphatic carbocycles. The van der Waals surface area contributed by atoms with Gasteiger partial charge in [-0.2, -0.15) is 10.1 Å². The molecule has 2 bridgehead atoms. The Morgan fingerprint density at radius 3 is 2.59 bits per heavy atom. The number of piperidine rings is 1. The van der Waals surface area contributed by atoms with Gasteiger partial charge in [-0.05, 0) is 56.9 Å². The third-order valence-electron chi connectivity index (χ3n) is 6.74. The standard InChI is InChI=1S/C25H26N8O/c1-15-12-22(32-31-15)29-23-19-6-2-3-7-20(19)28-25(30-23)27-16-13-17-9-10-18(14-16)33(17)24(34)21-8-4-5-11-26-21/h2-8,11-12,16-18H,9-10,13-14H2,1H3,(H3,27,28,29,30,31,32). The number of aryl methyl sites for hydroxylation is 1. The third-order valence-corrected chi connectivity index (χ3v) is 6.74. The van der Waals surface area contributed by atoms with Gasteiger partial charge < -0.3 is 15.5 Å². The van der Waals surface area contributed by atoms with Gasteiger partial charge in [0.2, 0.25) is 5.95 Å². The van der Waals surface area contributed by atoms with Gasteiger partial charge in [-0.3, -0.25) is 14.9 Å². The van der Waals surface area contributed by atoms with E-state index in [2.05, 4.69) is 30.7 Å². The number of anilines is 3. The van der Waals surface area contributed by atoms with E-state index >= 15 is 0 Å². The van der Waals surface area contributed by atoms with E-state index < -0.39 is 0 Å². The number of benzene rings is 1. The van der Waals surface area contributed by atoms with Crippen molar-refractivity contribution in [2.75, 3.05) is 10.6 Å². The summed E-state index contributed by atoms with van der Waals surface area (Å²) in [5, 5.41) is 15.0. The van der Waals surface area contributed by atoms with Crippen LogP contribution in [0.1, 0.15) is 41.9 Å². The Kier molecular flexibility index (Phi) is 5.09. The number of amides is 1. The highest BCUT2D eigenvalue weighted by atomic mass is 16.2. The topological polar surface area (TPSA) is 112 Å². The number of carbonyl (C=O) groups is 1. The van der Waals surface area contributed by atoms with Gasteiger partial charge >= 0.3 is 0 Å². The van der Waals surface area contributed by atoms with Crippen molar-refractivity contribution < 1.29 is 4.79 Å². The molecule has 5 heterocycles. The average molecular weight is 455 g/mol. The summed E-state index contributed by atoms with van der Waals surface area (Å²) in [5.41, 5.74) is 2.36. The smallest absolute Gasteiger partial charge is 0.272 e. The lowest BCUT2D eigenvalue weighted by molar-refractivity contribution is 0.0576. The molecule has 2 atom stereocenters. The average Bonchev–Trinajstić information content (AvgIpc) is 3.38. The fourth-order valence-corrected chi connectivity index (χ4v) is 5.27. The zero-order valence-corrected chi connectivity index (χ0v) is 18.9. The predicted molar refractivity (Wildman–Crippen MR) is 130 cm³/mol. The lowest BCUT2D eigenvalue weighted by Crippen LogP contribution is -2.50. The zero-order chi connectivity index (χ0) is 23.1. The Balaban J connectivity index is 1.23. The Morgan fingerprint density at radius 2 is 1.85 bits per heavy atom. The monoisotopic (exact) mass is 454 g/mol. The van der Waals surface area contributed by atoms with E-state index in [1.807, 2.05) is 49.4 Å². The molecule has 2 unspecified atom stereocenters. The molecule has 3 aromatic heterocycles.